The van der Waals surface area contributed by atoms with E-state index in [0.717, 1.165) is 24.2 Å². The van der Waals surface area contributed by atoms with Gasteiger partial charge in [-0.25, -0.2) is 4.79 Å². The van der Waals surface area contributed by atoms with Crippen LogP contribution >= 0.6 is 11.8 Å². The molecule has 2 saturated heterocycles. The van der Waals surface area contributed by atoms with Gasteiger partial charge in [0.05, 0.1) is 11.7 Å². The highest BCUT2D eigenvalue weighted by Gasteiger charge is 2.58. The molecule has 2 bridgehead atoms. The first-order chi connectivity index (χ1) is 8.27. The van der Waals surface area contributed by atoms with Crippen LogP contribution in [0.15, 0.2) is 29.2 Å². The zero-order chi connectivity index (χ0) is 11.5. The largest absolute Gasteiger partial charge is 0.441 e. The van der Waals surface area contributed by atoms with Crippen molar-refractivity contribution in [1.29, 1.82) is 0 Å². The molecular weight excluding hydrogens is 236 g/mol. The lowest BCUT2D eigenvalue weighted by molar-refractivity contribution is -0.0110. The third-order valence-corrected chi connectivity index (χ3v) is 5.20. The van der Waals surface area contributed by atoms with Crippen LogP contribution in [-0.4, -0.2) is 23.1 Å². The first-order valence-electron chi connectivity index (χ1n) is 5.94. The summed E-state index contributed by atoms with van der Waals surface area (Å²) in [5, 5.41) is 0. The highest BCUT2D eigenvalue weighted by Crippen LogP contribution is 2.55. The van der Waals surface area contributed by atoms with Crippen LogP contribution in [0.3, 0.4) is 0 Å². The molecule has 0 aliphatic carbocycles. The molecule has 4 rings (SSSR count). The lowest BCUT2D eigenvalue weighted by Gasteiger charge is -2.37. The second kappa shape index (κ2) is 3.27. The van der Waals surface area contributed by atoms with Crippen LogP contribution in [-0.2, 0) is 9.47 Å². The number of hydrogen-bond donors (Lipinski definition) is 0. The van der Waals surface area contributed by atoms with Crippen molar-refractivity contribution in [3.05, 3.63) is 29.8 Å². The molecule has 4 heteroatoms. The van der Waals surface area contributed by atoms with Crippen molar-refractivity contribution in [2.45, 2.75) is 41.3 Å². The van der Waals surface area contributed by atoms with Crippen molar-refractivity contribution < 1.29 is 14.3 Å². The van der Waals surface area contributed by atoms with Crippen molar-refractivity contribution in [3.8, 4) is 0 Å². The summed E-state index contributed by atoms with van der Waals surface area (Å²) in [4.78, 5) is 12.6. The summed E-state index contributed by atoms with van der Waals surface area (Å²) >= 11 is 1.67. The van der Waals surface area contributed by atoms with Crippen molar-refractivity contribution >= 4 is 17.7 Å². The third-order valence-electron chi connectivity index (χ3n) is 3.77. The van der Waals surface area contributed by atoms with E-state index in [4.69, 9.17) is 9.47 Å². The van der Waals surface area contributed by atoms with E-state index < -0.39 is 4.93 Å². The van der Waals surface area contributed by atoms with Crippen LogP contribution in [0.5, 0.6) is 0 Å². The van der Waals surface area contributed by atoms with Crippen molar-refractivity contribution in [2.75, 3.05) is 0 Å². The summed E-state index contributed by atoms with van der Waals surface area (Å²) in [6.07, 6.45) is 3.31. The Bertz CT molecular complexity index is 501. The fourth-order valence-corrected chi connectivity index (χ4v) is 4.46. The molecule has 17 heavy (non-hydrogen) atoms. The summed E-state index contributed by atoms with van der Waals surface area (Å²) in [5.74, 6) is -0.199. The van der Waals surface area contributed by atoms with Gasteiger partial charge in [0.25, 0.3) is 0 Å². The first-order valence-corrected chi connectivity index (χ1v) is 6.75. The molecule has 1 aromatic carbocycles. The monoisotopic (exact) mass is 248 g/mol. The normalized spacial score (nSPS) is 38.2. The van der Waals surface area contributed by atoms with E-state index in [1.165, 1.54) is 0 Å². The van der Waals surface area contributed by atoms with E-state index in [0.29, 0.717) is 5.56 Å². The standard InChI is InChI=1S/C13H12O3S/c14-12-9-3-1-2-4-10(9)17-13(16-12)7-8-5-6-11(13)15-8/h1-4,8,11H,5-7H2. The number of fused-ring (bicyclic) bond motifs is 4. The summed E-state index contributed by atoms with van der Waals surface area (Å²) < 4.78 is 11.5. The Labute approximate surface area is 103 Å². The molecule has 2 fully saturated rings. The van der Waals surface area contributed by atoms with Gasteiger partial charge in [0, 0.05) is 11.3 Å². The Morgan fingerprint density at radius 2 is 2.18 bits per heavy atom. The highest BCUT2D eigenvalue weighted by molar-refractivity contribution is 8.00. The maximum Gasteiger partial charge on any atom is 0.340 e. The zero-order valence-electron chi connectivity index (χ0n) is 9.22. The minimum Gasteiger partial charge on any atom is -0.441 e. The summed E-state index contributed by atoms with van der Waals surface area (Å²) in [6.45, 7) is 0. The van der Waals surface area contributed by atoms with E-state index in [2.05, 4.69) is 0 Å². The van der Waals surface area contributed by atoms with Crippen LogP contribution in [0.25, 0.3) is 0 Å². The quantitative estimate of drug-likeness (QED) is 0.661. The molecule has 0 radical (unpaired) electrons. The van der Waals surface area contributed by atoms with E-state index in [1.807, 2.05) is 24.3 Å². The van der Waals surface area contributed by atoms with Crippen molar-refractivity contribution in [2.24, 2.45) is 0 Å². The maximum atomic E-state index is 12.0. The molecule has 3 heterocycles. The number of carbonyl (C=O) groups is 1. The lowest BCUT2D eigenvalue weighted by atomic mass is 9.96. The SMILES string of the molecule is O=C1OC2(CC3CCC2O3)Sc2ccccc21. The molecule has 1 aromatic rings. The Kier molecular flexibility index (Phi) is 1.92. The topological polar surface area (TPSA) is 35.5 Å². The lowest BCUT2D eigenvalue weighted by Crippen LogP contribution is -2.43. The fourth-order valence-electron chi connectivity index (χ4n) is 2.99. The molecule has 0 N–H and O–H groups in total. The number of hydrogen-bond acceptors (Lipinski definition) is 4. The summed E-state index contributed by atoms with van der Waals surface area (Å²) in [5.41, 5.74) is 0.686. The second-order valence-corrected chi connectivity index (χ2v) is 6.16. The van der Waals surface area contributed by atoms with Gasteiger partial charge >= 0.3 is 5.97 Å². The van der Waals surface area contributed by atoms with Crippen molar-refractivity contribution in [3.63, 3.8) is 0 Å². The van der Waals surface area contributed by atoms with E-state index in [1.54, 1.807) is 11.8 Å². The van der Waals surface area contributed by atoms with Crippen LogP contribution in [0.1, 0.15) is 29.6 Å². The third kappa shape index (κ3) is 1.31. The zero-order valence-corrected chi connectivity index (χ0v) is 10.0. The van der Waals surface area contributed by atoms with Crippen LogP contribution in [0.2, 0.25) is 0 Å². The number of rotatable bonds is 0. The smallest absolute Gasteiger partial charge is 0.340 e. The van der Waals surface area contributed by atoms with Gasteiger partial charge in [0.15, 0.2) is 4.93 Å². The number of carbonyl (C=O) groups excluding carboxylic acids is 1. The molecule has 3 unspecified atom stereocenters. The molecule has 3 atom stereocenters. The Morgan fingerprint density at radius 3 is 2.94 bits per heavy atom. The van der Waals surface area contributed by atoms with Gasteiger partial charge in [0.2, 0.25) is 0 Å². The van der Waals surface area contributed by atoms with Gasteiger partial charge in [-0.15, -0.1) is 0 Å². The Balaban J connectivity index is 1.77. The highest BCUT2D eigenvalue weighted by atomic mass is 32.2. The van der Waals surface area contributed by atoms with Gasteiger partial charge in [-0.05, 0) is 25.0 Å². The molecule has 88 valence electrons. The number of benzene rings is 1. The Hall–Kier alpha value is -1.00. The predicted octanol–water partition coefficient (Wildman–Crippen LogP) is 2.60. The van der Waals surface area contributed by atoms with Crippen LogP contribution < -0.4 is 0 Å². The van der Waals surface area contributed by atoms with Crippen molar-refractivity contribution in [1.82, 2.24) is 0 Å². The van der Waals surface area contributed by atoms with Gasteiger partial charge in [-0.2, -0.15) is 0 Å². The van der Waals surface area contributed by atoms with E-state index in [9.17, 15) is 4.79 Å². The van der Waals surface area contributed by atoms with Crippen LogP contribution in [0, 0.1) is 0 Å². The first kappa shape index (κ1) is 9.97. The maximum absolute atomic E-state index is 12.0. The molecule has 3 aliphatic heterocycles. The van der Waals surface area contributed by atoms with Gasteiger partial charge in [0.1, 0.15) is 6.10 Å². The molecule has 0 aromatic heterocycles. The molecular formula is C13H12O3S. The average Bonchev–Trinajstić information content (AvgIpc) is 2.89. The molecule has 3 nitrogen and oxygen atoms in total. The van der Waals surface area contributed by atoms with Gasteiger partial charge in [-0.1, -0.05) is 23.9 Å². The molecule has 1 spiro atoms. The fraction of sp³-hybridized carbons (Fsp3) is 0.462. The van der Waals surface area contributed by atoms with Gasteiger partial charge in [-0.3, -0.25) is 0 Å². The molecule has 3 aliphatic rings. The van der Waals surface area contributed by atoms with E-state index >= 15 is 0 Å². The summed E-state index contributed by atoms with van der Waals surface area (Å²) in [6, 6.07) is 7.65. The van der Waals surface area contributed by atoms with Crippen LogP contribution in [0.4, 0.5) is 0 Å². The minimum atomic E-state index is -0.450. The molecule has 0 amide bonds. The second-order valence-electron chi connectivity index (χ2n) is 4.83. The summed E-state index contributed by atoms with van der Waals surface area (Å²) in [7, 11) is 0. The average molecular weight is 248 g/mol. The Morgan fingerprint density at radius 1 is 1.29 bits per heavy atom. The van der Waals surface area contributed by atoms with Gasteiger partial charge < -0.3 is 9.47 Å². The number of ether oxygens (including phenoxy) is 2. The van der Waals surface area contributed by atoms with E-state index in [-0.39, 0.29) is 18.2 Å². The number of thioether (sulfide) groups is 1. The number of esters is 1. The minimum absolute atomic E-state index is 0.0785. The molecule has 0 saturated carbocycles. The predicted molar refractivity (Wildman–Crippen MR) is 63.0 cm³/mol.